The van der Waals surface area contributed by atoms with Crippen LogP contribution in [0.5, 0.6) is 0 Å². The first-order chi connectivity index (χ1) is 8.25. The van der Waals surface area contributed by atoms with Crippen LogP contribution >= 0.6 is 11.6 Å². The largest absolute Gasteiger partial charge is 0.383 e. The fourth-order valence-corrected chi connectivity index (χ4v) is 1.69. The molecule has 0 saturated carbocycles. The molecule has 2 aromatic heterocycles. The van der Waals surface area contributed by atoms with E-state index in [9.17, 15) is 0 Å². The zero-order valence-electron chi connectivity index (χ0n) is 9.65. The van der Waals surface area contributed by atoms with Crippen LogP contribution in [0.25, 0.3) is 0 Å². The van der Waals surface area contributed by atoms with Crippen molar-refractivity contribution in [3.8, 4) is 0 Å². The van der Waals surface area contributed by atoms with Crippen molar-refractivity contribution in [2.75, 3.05) is 11.9 Å². The molecule has 0 unspecified atom stereocenters. The van der Waals surface area contributed by atoms with Gasteiger partial charge in [0.25, 0.3) is 0 Å². The third-order valence-corrected chi connectivity index (χ3v) is 2.78. The second kappa shape index (κ2) is 5.64. The average Bonchev–Trinajstić information content (AvgIpc) is 2.34. The number of hydrogen-bond donors (Lipinski definition) is 1. The lowest BCUT2D eigenvalue weighted by molar-refractivity contribution is 0.996. The van der Waals surface area contributed by atoms with E-state index in [0.29, 0.717) is 5.02 Å². The Hall–Kier alpha value is -1.61. The summed E-state index contributed by atoms with van der Waals surface area (Å²) in [6.45, 7) is 2.81. The molecule has 4 heteroatoms. The smallest absolute Gasteiger partial charge is 0.0820 e. The van der Waals surface area contributed by atoms with Gasteiger partial charge in [0.1, 0.15) is 0 Å². The molecule has 0 radical (unpaired) electrons. The van der Waals surface area contributed by atoms with Crippen LogP contribution < -0.4 is 5.32 Å². The molecule has 0 saturated heterocycles. The molecule has 0 spiro atoms. The highest BCUT2D eigenvalue weighted by atomic mass is 35.5. The maximum atomic E-state index is 5.99. The molecule has 17 heavy (non-hydrogen) atoms. The Kier molecular flexibility index (Phi) is 3.94. The van der Waals surface area contributed by atoms with Gasteiger partial charge in [-0.15, -0.1) is 0 Å². The zero-order chi connectivity index (χ0) is 12.1. The van der Waals surface area contributed by atoms with Crippen LogP contribution in [-0.4, -0.2) is 16.5 Å². The molecule has 2 heterocycles. The highest BCUT2D eigenvalue weighted by Crippen LogP contribution is 2.18. The molecule has 2 aromatic rings. The number of hydrogen-bond acceptors (Lipinski definition) is 3. The zero-order valence-corrected chi connectivity index (χ0v) is 10.4. The van der Waals surface area contributed by atoms with E-state index in [1.54, 1.807) is 12.4 Å². The number of rotatable bonds is 4. The number of halogens is 1. The average molecular weight is 248 g/mol. The van der Waals surface area contributed by atoms with Crippen LogP contribution in [0.15, 0.2) is 36.8 Å². The van der Waals surface area contributed by atoms with Crippen molar-refractivity contribution < 1.29 is 0 Å². The van der Waals surface area contributed by atoms with Gasteiger partial charge in [-0.3, -0.25) is 9.97 Å². The van der Waals surface area contributed by atoms with Gasteiger partial charge in [0.05, 0.1) is 10.7 Å². The Morgan fingerprint density at radius 1 is 1.24 bits per heavy atom. The summed E-state index contributed by atoms with van der Waals surface area (Å²) < 4.78 is 0. The molecule has 0 aromatic carbocycles. The summed E-state index contributed by atoms with van der Waals surface area (Å²) in [6, 6.07) is 5.99. The molecule has 0 amide bonds. The molecule has 0 aliphatic rings. The molecule has 1 N–H and O–H groups in total. The van der Waals surface area contributed by atoms with E-state index >= 15 is 0 Å². The second-order valence-electron chi connectivity index (χ2n) is 3.84. The van der Waals surface area contributed by atoms with Crippen LogP contribution in [0.1, 0.15) is 11.3 Å². The quantitative estimate of drug-likeness (QED) is 0.902. The predicted molar refractivity (Wildman–Crippen MR) is 70.4 cm³/mol. The first-order valence-electron chi connectivity index (χ1n) is 5.50. The van der Waals surface area contributed by atoms with Crippen LogP contribution in [0.2, 0.25) is 5.02 Å². The molecule has 88 valence electrons. The van der Waals surface area contributed by atoms with Crippen molar-refractivity contribution in [3.63, 3.8) is 0 Å². The number of nitrogens with one attached hydrogen (secondary N) is 1. The van der Waals surface area contributed by atoms with Crippen molar-refractivity contribution in [1.82, 2.24) is 9.97 Å². The van der Waals surface area contributed by atoms with E-state index in [-0.39, 0.29) is 0 Å². The Morgan fingerprint density at radius 3 is 2.82 bits per heavy atom. The standard InChI is InChI=1S/C13H14ClN3/c1-10-2-3-11(8-17-10)4-7-16-13-5-6-15-9-12(13)14/h2-3,5-6,8-9H,4,7H2,1H3,(H,15,16). The number of aryl methyl sites for hydroxylation is 1. The first kappa shape index (κ1) is 11.9. The minimum absolute atomic E-state index is 0.648. The van der Waals surface area contributed by atoms with Gasteiger partial charge < -0.3 is 5.32 Å². The van der Waals surface area contributed by atoms with Crippen molar-refractivity contribution >= 4 is 17.3 Å². The molecule has 2 rings (SSSR count). The molecule has 0 fully saturated rings. The Bertz CT molecular complexity index is 482. The third-order valence-electron chi connectivity index (χ3n) is 2.47. The maximum Gasteiger partial charge on any atom is 0.0820 e. The highest BCUT2D eigenvalue weighted by molar-refractivity contribution is 6.33. The van der Waals surface area contributed by atoms with Gasteiger partial charge in [0, 0.05) is 30.8 Å². The molecule has 0 bridgehead atoms. The number of pyridine rings is 2. The van der Waals surface area contributed by atoms with Crippen LogP contribution in [0.3, 0.4) is 0 Å². The lowest BCUT2D eigenvalue weighted by atomic mass is 10.2. The van der Waals surface area contributed by atoms with E-state index in [1.165, 1.54) is 5.56 Å². The Balaban J connectivity index is 1.88. The van der Waals surface area contributed by atoms with Crippen molar-refractivity contribution in [3.05, 3.63) is 53.1 Å². The lowest BCUT2D eigenvalue weighted by Crippen LogP contribution is -2.05. The Labute approximate surface area is 106 Å². The summed E-state index contributed by atoms with van der Waals surface area (Å²) in [5.74, 6) is 0. The van der Waals surface area contributed by atoms with Crippen LogP contribution in [0.4, 0.5) is 5.69 Å². The summed E-state index contributed by atoms with van der Waals surface area (Å²) in [5, 5.41) is 3.92. The molecule has 0 aliphatic carbocycles. The number of aromatic nitrogens is 2. The Morgan fingerprint density at radius 2 is 2.12 bits per heavy atom. The first-order valence-corrected chi connectivity index (χ1v) is 5.88. The van der Waals surface area contributed by atoms with Gasteiger partial charge in [-0.1, -0.05) is 17.7 Å². The molecule has 3 nitrogen and oxygen atoms in total. The normalized spacial score (nSPS) is 10.2. The fraction of sp³-hybridized carbons (Fsp3) is 0.231. The highest BCUT2D eigenvalue weighted by Gasteiger charge is 1.98. The van der Waals surface area contributed by atoms with Gasteiger partial charge in [-0.25, -0.2) is 0 Å². The topological polar surface area (TPSA) is 37.8 Å². The van der Waals surface area contributed by atoms with Crippen molar-refractivity contribution in [1.29, 1.82) is 0 Å². The van der Waals surface area contributed by atoms with Gasteiger partial charge in [0.15, 0.2) is 0 Å². The van der Waals surface area contributed by atoms with Gasteiger partial charge >= 0.3 is 0 Å². The maximum absolute atomic E-state index is 5.99. The minimum atomic E-state index is 0.648. The number of anilines is 1. The summed E-state index contributed by atoms with van der Waals surface area (Å²) in [6.07, 6.45) is 6.19. The SMILES string of the molecule is Cc1ccc(CCNc2ccncc2Cl)cn1. The predicted octanol–water partition coefficient (Wildman–Crippen LogP) is 3.09. The minimum Gasteiger partial charge on any atom is -0.383 e. The van der Waals surface area contributed by atoms with Crippen molar-refractivity contribution in [2.24, 2.45) is 0 Å². The number of nitrogens with zero attached hydrogens (tertiary/aromatic N) is 2. The molecule has 0 aliphatic heterocycles. The lowest BCUT2D eigenvalue weighted by Gasteiger charge is -2.07. The van der Waals surface area contributed by atoms with Crippen LogP contribution in [-0.2, 0) is 6.42 Å². The van der Waals surface area contributed by atoms with Gasteiger partial charge in [-0.2, -0.15) is 0 Å². The molecule has 0 atom stereocenters. The summed E-state index contributed by atoms with van der Waals surface area (Å²) in [5.41, 5.74) is 3.17. The summed E-state index contributed by atoms with van der Waals surface area (Å²) >= 11 is 5.99. The summed E-state index contributed by atoms with van der Waals surface area (Å²) in [4.78, 5) is 8.20. The van der Waals surface area contributed by atoms with E-state index in [2.05, 4.69) is 21.4 Å². The fourth-order valence-electron chi connectivity index (χ4n) is 1.51. The summed E-state index contributed by atoms with van der Waals surface area (Å²) in [7, 11) is 0. The van der Waals surface area contributed by atoms with E-state index in [1.807, 2.05) is 25.3 Å². The molecular weight excluding hydrogens is 234 g/mol. The van der Waals surface area contributed by atoms with Crippen LogP contribution in [0, 0.1) is 6.92 Å². The van der Waals surface area contributed by atoms with Gasteiger partial charge in [0.2, 0.25) is 0 Å². The van der Waals surface area contributed by atoms with E-state index in [4.69, 9.17) is 11.6 Å². The molecular formula is C13H14ClN3. The van der Waals surface area contributed by atoms with Crippen molar-refractivity contribution in [2.45, 2.75) is 13.3 Å². The monoisotopic (exact) mass is 247 g/mol. The second-order valence-corrected chi connectivity index (χ2v) is 4.25. The van der Waals surface area contributed by atoms with E-state index < -0.39 is 0 Å². The third kappa shape index (κ3) is 3.43. The van der Waals surface area contributed by atoms with Gasteiger partial charge in [-0.05, 0) is 31.0 Å². The van der Waals surface area contributed by atoms with E-state index in [0.717, 1.165) is 24.3 Å².